The van der Waals surface area contributed by atoms with Gasteiger partial charge < -0.3 is 15.5 Å². The van der Waals surface area contributed by atoms with Crippen LogP contribution in [0.15, 0.2) is 48.5 Å². The average Bonchev–Trinajstić information content (AvgIpc) is 2.58. The number of hydrogen-bond acceptors (Lipinski definition) is 3. The summed E-state index contributed by atoms with van der Waals surface area (Å²) >= 11 is 5.85. The van der Waals surface area contributed by atoms with Crippen molar-refractivity contribution in [3.8, 4) is 0 Å². The third kappa shape index (κ3) is 4.99. The van der Waals surface area contributed by atoms with Crippen LogP contribution in [0.4, 0.5) is 5.69 Å². The van der Waals surface area contributed by atoms with Gasteiger partial charge in [-0.3, -0.25) is 9.59 Å². The smallest absolute Gasteiger partial charge is 0.251 e. The lowest BCUT2D eigenvalue weighted by atomic mass is 10.2. The van der Waals surface area contributed by atoms with E-state index in [-0.39, 0.29) is 11.8 Å². The van der Waals surface area contributed by atoms with Crippen LogP contribution in [0.3, 0.4) is 0 Å². The van der Waals surface area contributed by atoms with Gasteiger partial charge in [0.1, 0.15) is 0 Å². The fourth-order valence-electron chi connectivity index (χ4n) is 2.10. The molecule has 2 aromatic carbocycles. The molecule has 0 saturated heterocycles. The number of halogens is 1. The number of carbonyl (C=O) groups is 2. The van der Waals surface area contributed by atoms with Crippen molar-refractivity contribution < 1.29 is 9.59 Å². The molecule has 2 N–H and O–H groups in total. The predicted octanol–water partition coefficient (Wildman–Crippen LogP) is 2.57. The largest absolute Gasteiger partial charge is 0.378 e. The van der Waals surface area contributed by atoms with E-state index >= 15 is 0 Å². The summed E-state index contributed by atoms with van der Waals surface area (Å²) in [6, 6.07) is 14.0. The molecule has 24 heavy (non-hydrogen) atoms. The van der Waals surface area contributed by atoms with Crippen LogP contribution in [-0.2, 0) is 0 Å². The van der Waals surface area contributed by atoms with Gasteiger partial charge in [0.25, 0.3) is 11.8 Å². The summed E-state index contributed by atoms with van der Waals surface area (Å²) in [4.78, 5) is 25.9. The second kappa shape index (κ2) is 8.36. The molecule has 0 bridgehead atoms. The van der Waals surface area contributed by atoms with Gasteiger partial charge in [0.05, 0.1) is 0 Å². The Hall–Kier alpha value is -2.53. The maximum atomic E-state index is 12.0. The van der Waals surface area contributed by atoms with Gasteiger partial charge in [0.2, 0.25) is 0 Å². The number of amides is 2. The average molecular weight is 346 g/mol. The third-order valence-electron chi connectivity index (χ3n) is 3.43. The molecular formula is C18H20ClN3O2. The molecule has 0 fully saturated rings. The zero-order chi connectivity index (χ0) is 17.5. The molecule has 0 aromatic heterocycles. The Balaban J connectivity index is 1.77. The highest BCUT2D eigenvalue weighted by Gasteiger charge is 2.07. The number of hydrogen-bond donors (Lipinski definition) is 2. The minimum absolute atomic E-state index is 0.169. The van der Waals surface area contributed by atoms with Gasteiger partial charge in [-0.2, -0.15) is 0 Å². The van der Waals surface area contributed by atoms with E-state index in [9.17, 15) is 9.59 Å². The Kier molecular flexibility index (Phi) is 6.21. The molecule has 126 valence electrons. The standard InChI is InChI=1S/C18H20ClN3O2/c1-22(2)16-8-6-13(7-9-16)17(23)20-10-11-21-18(24)14-4-3-5-15(19)12-14/h3-9,12H,10-11H2,1-2H3,(H,20,23)(H,21,24). The quantitative estimate of drug-likeness (QED) is 0.791. The Morgan fingerprint density at radius 1 is 0.917 bits per heavy atom. The van der Waals surface area contributed by atoms with E-state index in [1.165, 1.54) is 0 Å². The van der Waals surface area contributed by atoms with Gasteiger partial charge in [0, 0.05) is 49.0 Å². The maximum Gasteiger partial charge on any atom is 0.251 e. The van der Waals surface area contributed by atoms with Crippen molar-refractivity contribution in [2.45, 2.75) is 0 Å². The van der Waals surface area contributed by atoms with Crippen LogP contribution in [-0.4, -0.2) is 39.0 Å². The number of carbonyl (C=O) groups excluding carboxylic acids is 2. The molecule has 0 atom stereocenters. The van der Waals surface area contributed by atoms with Gasteiger partial charge >= 0.3 is 0 Å². The fraction of sp³-hybridized carbons (Fsp3) is 0.222. The highest BCUT2D eigenvalue weighted by atomic mass is 35.5. The topological polar surface area (TPSA) is 61.4 Å². The molecule has 2 amide bonds. The Morgan fingerprint density at radius 3 is 2.04 bits per heavy atom. The third-order valence-corrected chi connectivity index (χ3v) is 3.66. The summed E-state index contributed by atoms with van der Waals surface area (Å²) in [5.41, 5.74) is 2.11. The van der Waals surface area contributed by atoms with Gasteiger partial charge in [-0.25, -0.2) is 0 Å². The molecule has 0 saturated carbocycles. The molecule has 0 heterocycles. The highest BCUT2D eigenvalue weighted by Crippen LogP contribution is 2.12. The first-order valence-corrected chi connectivity index (χ1v) is 7.94. The van der Waals surface area contributed by atoms with Crippen molar-refractivity contribution >= 4 is 29.1 Å². The molecular weight excluding hydrogens is 326 g/mol. The Bertz CT molecular complexity index is 714. The number of nitrogens with one attached hydrogen (secondary N) is 2. The molecule has 0 unspecified atom stereocenters. The normalized spacial score (nSPS) is 10.1. The number of anilines is 1. The molecule has 2 rings (SSSR count). The van der Waals surface area contributed by atoms with Gasteiger partial charge in [-0.05, 0) is 42.5 Å². The van der Waals surface area contributed by atoms with Crippen molar-refractivity contribution in [2.24, 2.45) is 0 Å². The molecule has 0 spiro atoms. The minimum Gasteiger partial charge on any atom is -0.378 e. The summed E-state index contributed by atoms with van der Waals surface area (Å²) in [7, 11) is 3.88. The summed E-state index contributed by atoms with van der Waals surface area (Å²) in [6.07, 6.45) is 0. The SMILES string of the molecule is CN(C)c1ccc(C(=O)NCCNC(=O)c2cccc(Cl)c2)cc1. The molecule has 5 nitrogen and oxygen atoms in total. The van der Waals surface area contributed by atoms with Crippen LogP contribution < -0.4 is 15.5 Å². The first kappa shape index (κ1) is 17.8. The maximum absolute atomic E-state index is 12.0. The molecule has 2 aromatic rings. The van der Waals surface area contributed by atoms with Crippen LogP contribution in [0.1, 0.15) is 20.7 Å². The van der Waals surface area contributed by atoms with Crippen LogP contribution in [0, 0.1) is 0 Å². The van der Waals surface area contributed by atoms with Crippen molar-refractivity contribution in [1.29, 1.82) is 0 Å². The van der Waals surface area contributed by atoms with E-state index in [2.05, 4.69) is 10.6 Å². The number of nitrogens with zero attached hydrogens (tertiary/aromatic N) is 1. The molecule has 0 radical (unpaired) electrons. The van der Waals surface area contributed by atoms with Crippen molar-refractivity contribution in [1.82, 2.24) is 10.6 Å². The van der Waals surface area contributed by atoms with Gasteiger partial charge in [-0.15, -0.1) is 0 Å². The van der Waals surface area contributed by atoms with Crippen molar-refractivity contribution in [3.63, 3.8) is 0 Å². The van der Waals surface area contributed by atoms with Gasteiger partial charge in [0.15, 0.2) is 0 Å². The molecule has 0 aliphatic rings. The van der Waals surface area contributed by atoms with E-state index in [0.29, 0.717) is 29.2 Å². The fourth-order valence-corrected chi connectivity index (χ4v) is 2.29. The molecule has 0 aliphatic heterocycles. The van der Waals surface area contributed by atoms with Crippen LogP contribution in [0.2, 0.25) is 5.02 Å². The molecule has 6 heteroatoms. The Labute approximate surface area is 146 Å². The van der Waals surface area contributed by atoms with E-state index in [4.69, 9.17) is 11.6 Å². The summed E-state index contributed by atoms with van der Waals surface area (Å²) in [6.45, 7) is 0.688. The molecule has 0 aliphatic carbocycles. The summed E-state index contributed by atoms with van der Waals surface area (Å²) < 4.78 is 0. The second-order valence-corrected chi connectivity index (χ2v) is 5.90. The second-order valence-electron chi connectivity index (χ2n) is 5.46. The first-order valence-electron chi connectivity index (χ1n) is 7.57. The highest BCUT2D eigenvalue weighted by molar-refractivity contribution is 6.30. The van der Waals surface area contributed by atoms with Crippen LogP contribution >= 0.6 is 11.6 Å². The monoisotopic (exact) mass is 345 g/mol. The first-order chi connectivity index (χ1) is 11.5. The predicted molar refractivity (Wildman–Crippen MR) is 96.9 cm³/mol. The minimum atomic E-state index is -0.220. The zero-order valence-corrected chi connectivity index (χ0v) is 14.4. The van der Waals surface area contributed by atoms with Crippen LogP contribution in [0.25, 0.3) is 0 Å². The van der Waals surface area contributed by atoms with E-state index in [1.807, 2.05) is 31.1 Å². The Morgan fingerprint density at radius 2 is 1.50 bits per heavy atom. The van der Waals surface area contributed by atoms with E-state index in [1.54, 1.807) is 36.4 Å². The zero-order valence-electron chi connectivity index (χ0n) is 13.7. The lowest BCUT2D eigenvalue weighted by molar-refractivity contribution is 0.0927. The van der Waals surface area contributed by atoms with Crippen molar-refractivity contribution in [3.05, 3.63) is 64.7 Å². The number of benzene rings is 2. The summed E-state index contributed by atoms with van der Waals surface area (Å²) in [5, 5.41) is 6.02. The lowest BCUT2D eigenvalue weighted by Crippen LogP contribution is -2.34. The van der Waals surface area contributed by atoms with Crippen molar-refractivity contribution in [2.75, 3.05) is 32.1 Å². The lowest BCUT2D eigenvalue weighted by Gasteiger charge is -2.12. The number of rotatable bonds is 6. The van der Waals surface area contributed by atoms with Gasteiger partial charge in [-0.1, -0.05) is 17.7 Å². The summed E-state index contributed by atoms with van der Waals surface area (Å²) in [5.74, 6) is -0.389. The van der Waals surface area contributed by atoms with E-state index < -0.39 is 0 Å². The van der Waals surface area contributed by atoms with E-state index in [0.717, 1.165) is 5.69 Å². The van der Waals surface area contributed by atoms with Crippen LogP contribution in [0.5, 0.6) is 0 Å².